The summed E-state index contributed by atoms with van der Waals surface area (Å²) in [5.41, 5.74) is -0.426. The van der Waals surface area contributed by atoms with Crippen molar-refractivity contribution in [2.24, 2.45) is 0 Å². The van der Waals surface area contributed by atoms with Crippen molar-refractivity contribution in [1.29, 1.82) is 5.26 Å². The van der Waals surface area contributed by atoms with Crippen LogP contribution >= 0.6 is 0 Å². The summed E-state index contributed by atoms with van der Waals surface area (Å²) < 4.78 is 5.34. The summed E-state index contributed by atoms with van der Waals surface area (Å²) in [6.07, 6.45) is 1.06. The Kier molecular flexibility index (Phi) is 6.77. The van der Waals surface area contributed by atoms with Crippen LogP contribution in [-0.4, -0.2) is 58.5 Å². The molecule has 1 N–H and O–H groups in total. The smallest absolute Gasteiger partial charge is 0.410 e. The number of carbonyl (C=O) groups excluding carboxylic acids is 2. The largest absolute Gasteiger partial charge is 0.444 e. The molecule has 1 saturated heterocycles. The summed E-state index contributed by atoms with van der Waals surface area (Å²) in [5.74, 6) is -0.615. The van der Waals surface area contributed by atoms with Gasteiger partial charge in [0.15, 0.2) is 0 Å². The zero-order chi connectivity index (χ0) is 21.6. The number of nitrogens with one attached hydrogen (secondary N) is 1. The quantitative estimate of drug-likeness (QED) is 0.355. The lowest BCUT2D eigenvalue weighted by Gasteiger charge is -2.35. The van der Waals surface area contributed by atoms with Crippen LogP contribution in [0.15, 0.2) is 36.0 Å². The number of hydrogen-bond acceptors (Lipinski definition) is 7. The van der Waals surface area contributed by atoms with Gasteiger partial charge in [0.25, 0.3) is 11.6 Å². The van der Waals surface area contributed by atoms with Gasteiger partial charge in [0.05, 0.1) is 4.92 Å². The second-order valence-corrected chi connectivity index (χ2v) is 7.42. The average molecular weight is 401 g/mol. The van der Waals surface area contributed by atoms with Crippen molar-refractivity contribution < 1.29 is 19.2 Å². The maximum Gasteiger partial charge on any atom is 0.410 e. The number of anilines is 1. The fourth-order valence-electron chi connectivity index (χ4n) is 2.55. The van der Waals surface area contributed by atoms with Crippen molar-refractivity contribution in [2.75, 3.05) is 31.5 Å². The molecule has 0 unspecified atom stereocenters. The maximum absolute atomic E-state index is 12.3. The second-order valence-electron chi connectivity index (χ2n) is 7.42. The molecule has 1 aliphatic rings. The normalized spacial score (nSPS) is 14.8. The number of piperazine rings is 1. The van der Waals surface area contributed by atoms with E-state index in [4.69, 9.17) is 4.74 Å². The van der Waals surface area contributed by atoms with Gasteiger partial charge < -0.3 is 19.9 Å². The summed E-state index contributed by atoms with van der Waals surface area (Å²) in [5, 5.41) is 22.5. The lowest BCUT2D eigenvalue weighted by Crippen LogP contribution is -2.48. The van der Waals surface area contributed by atoms with Gasteiger partial charge >= 0.3 is 6.09 Å². The van der Waals surface area contributed by atoms with E-state index < -0.39 is 22.5 Å². The van der Waals surface area contributed by atoms with E-state index in [1.165, 1.54) is 30.5 Å². The molecule has 10 nitrogen and oxygen atoms in total. The Labute approximate surface area is 168 Å². The topological polar surface area (TPSA) is 129 Å². The summed E-state index contributed by atoms with van der Waals surface area (Å²) in [6.45, 7) is 7.12. The fourth-order valence-corrected chi connectivity index (χ4v) is 2.55. The van der Waals surface area contributed by atoms with E-state index in [0.29, 0.717) is 31.9 Å². The van der Waals surface area contributed by atoms with Crippen LogP contribution in [-0.2, 0) is 9.53 Å². The van der Waals surface area contributed by atoms with Crippen molar-refractivity contribution in [1.82, 2.24) is 9.80 Å². The number of rotatable bonds is 4. The summed E-state index contributed by atoms with van der Waals surface area (Å²) in [7, 11) is 0. The molecule has 0 saturated carbocycles. The van der Waals surface area contributed by atoms with Crippen LogP contribution < -0.4 is 5.32 Å². The number of hydrogen-bond donors (Lipinski definition) is 1. The highest BCUT2D eigenvalue weighted by Gasteiger charge is 2.25. The molecule has 1 aliphatic heterocycles. The first kappa shape index (κ1) is 21.7. The number of carbonyl (C=O) groups is 2. The number of nitro groups is 1. The molecule has 1 aromatic carbocycles. The molecule has 29 heavy (non-hydrogen) atoms. The zero-order valence-corrected chi connectivity index (χ0v) is 16.5. The van der Waals surface area contributed by atoms with Gasteiger partial charge in [-0.05, 0) is 32.9 Å². The summed E-state index contributed by atoms with van der Waals surface area (Å²) in [6, 6.07) is 7.18. The molecule has 0 aromatic heterocycles. The molecular weight excluding hydrogens is 378 g/mol. The third kappa shape index (κ3) is 6.49. The first-order valence-corrected chi connectivity index (χ1v) is 8.99. The lowest BCUT2D eigenvalue weighted by molar-refractivity contribution is -0.384. The van der Waals surface area contributed by atoms with Gasteiger partial charge in [0.2, 0.25) is 0 Å². The Morgan fingerprint density at radius 3 is 2.28 bits per heavy atom. The third-order valence-corrected chi connectivity index (χ3v) is 3.98. The average Bonchev–Trinajstić information content (AvgIpc) is 2.65. The molecule has 0 atom stereocenters. The molecule has 0 radical (unpaired) electrons. The molecule has 1 fully saturated rings. The SMILES string of the molecule is CC(C)(C)OC(=O)N1CCN(/C=C(/C#N)C(=O)Nc2ccc([N+](=O)[O-])cc2)CC1. The number of nitro benzene ring substituents is 1. The van der Waals surface area contributed by atoms with Crippen LogP contribution in [0.4, 0.5) is 16.2 Å². The van der Waals surface area contributed by atoms with Crippen LogP contribution in [0.1, 0.15) is 20.8 Å². The monoisotopic (exact) mass is 401 g/mol. The van der Waals surface area contributed by atoms with Gasteiger partial charge in [-0.25, -0.2) is 4.79 Å². The molecule has 1 heterocycles. The Balaban J connectivity index is 1.94. The van der Waals surface area contributed by atoms with Gasteiger partial charge in [-0.15, -0.1) is 0 Å². The molecular formula is C19H23N5O5. The Bertz CT molecular complexity index is 843. The number of benzene rings is 1. The van der Waals surface area contributed by atoms with E-state index in [0.717, 1.165) is 0 Å². The molecule has 10 heteroatoms. The zero-order valence-electron chi connectivity index (χ0n) is 16.5. The Hall–Kier alpha value is -3.61. The minimum atomic E-state index is -0.615. The van der Waals surface area contributed by atoms with Crippen LogP contribution in [0.25, 0.3) is 0 Å². The van der Waals surface area contributed by atoms with Gasteiger partial charge in [-0.3, -0.25) is 14.9 Å². The first-order chi connectivity index (χ1) is 13.6. The van der Waals surface area contributed by atoms with E-state index in [2.05, 4.69) is 5.32 Å². The first-order valence-electron chi connectivity index (χ1n) is 8.99. The Morgan fingerprint density at radius 1 is 1.21 bits per heavy atom. The van der Waals surface area contributed by atoms with Crippen LogP contribution in [0.2, 0.25) is 0 Å². The van der Waals surface area contributed by atoms with Crippen molar-refractivity contribution in [3.8, 4) is 6.07 Å². The minimum absolute atomic E-state index is 0.0955. The predicted octanol–water partition coefficient (Wildman–Crippen LogP) is 2.49. The van der Waals surface area contributed by atoms with E-state index >= 15 is 0 Å². The Morgan fingerprint density at radius 2 is 1.79 bits per heavy atom. The van der Waals surface area contributed by atoms with Crippen molar-refractivity contribution >= 4 is 23.4 Å². The molecule has 2 amide bonds. The molecule has 1 aromatic rings. The number of non-ortho nitro benzene ring substituents is 1. The summed E-state index contributed by atoms with van der Waals surface area (Å²) in [4.78, 5) is 37.9. The molecule has 0 aliphatic carbocycles. The van der Waals surface area contributed by atoms with Gasteiger partial charge in [0.1, 0.15) is 17.2 Å². The third-order valence-electron chi connectivity index (χ3n) is 3.98. The van der Waals surface area contributed by atoms with Crippen LogP contribution in [0, 0.1) is 21.4 Å². The maximum atomic E-state index is 12.3. The fraction of sp³-hybridized carbons (Fsp3) is 0.421. The highest BCUT2D eigenvalue weighted by molar-refractivity contribution is 6.06. The lowest BCUT2D eigenvalue weighted by atomic mass is 10.2. The van der Waals surface area contributed by atoms with Crippen LogP contribution in [0.5, 0.6) is 0 Å². The molecule has 154 valence electrons. The molecule has 0 bridgehead atoms. The number of nitrogens with zero attached hydrogens (tertiary/aromatic N) is 4. The molecule has 0 spiro atoms. The number of ether oxygens (including phenoxy) is 1. The minimum Gasteiger partial charge on any atom is -0.444 e. The van der Waals surface area contributed by atoms with Crippen LogP contribution in [0.3, 0.4) is 0 Å². The van der Waals surface area contributed by atoms with E-state index in [1.807, 2.05) is 6.07 Å². The van der Waals surface area contributed by atoms with E-state index in [1.54, 1.807) is 30.6 Å². The highest BCUT2D eigenvalue weighted by Crippen LogP contribution is 2.17. The van der Waals surface area contributed by atoms with Gasteiger partial charge in [0, 0.05) is 50.2 Å². The number of amides is 2. The van der Waals surface area contributed by atoms with Gasteiger partial charge in [-0.2, -0.15) is 5.26 Å². The van der Waals surface area contributed by atoms with E-state index in [-0.39, 0.29) is 11.3 Å². The standard InChI is InChI=1S/C19H23N5O5/c1-19(2,3)29-18(26)23-10-8-22(9-11-23)13-14(12-20)17(25)21-15-4-6-16(7-5-15)24(27)28/h4-7,13H,8-11H2,1-3H3,(H,21,25)/b14-13-. The van der Waals surface area contributed by atoms with E-state index in [9.17, 15) is 25.0 Å². The number of nitriles is 1. The van der Waals surface area contributed by atoms with Crippen molar-refractivity contribution in [3.63, 3.8) is 0 Å². The molecule has 2 rings (SSSR count). The van der Waals surface area contributed by atoms with Crippen molar-refractivity contribution in [3.05, 3.63) is 46.2 Å². The highest BCUT2D eigenvalue weighted by atomic mass is 16.6. The van der Waals surface area contributed by atoms with Gasteiger partial charge in [-0.1, -0.05) is 0 Å². The predicted molar refractivity (Wildman–Crippen MR) is 105 cm³/mol. The summed E-state index contributed by atoms with van der Waals surface area (Å²) >= 11 is 0. The van der Waals surface area contributed by atoms with Crippen molar-refractivity contribution in [2.45, 2.75) is 26.4 Å². The second kappa shape index (κ2) is 9.05.